The van der Waals surface area contributed by atoms with Gasteiger partial charge in [0.25, 0.3) is 0 Å². The van der Waals surface area contributed by atoms with Crippen LogP contribution in [0.4, 0.5) is 5.82 Å². The third-order valence-corrected chi connectivity index (χ3v) is 10.7. The number of anilines is 1. The summed E-state index contributed by atoms with van der Waals surface area (Å²) in [6.45, 7) is 8.91. The topological polar surface area (TPSA) is 203 Å². The molecule has 1 saturated carbocycles. The summed E-state index contributed by atoms with van der Waals surface area (Å²) in [5, 5.41) is 5.65. The molecule has 17 nitrogen and oxygen atoms in total. The molecule has 2 aliphatic rings. The Morgan fingerprint density at radius 1 is 0.714 bits per heavy atom. The van der Waals surface area contributed by atoms with Gasteiger partial charge in [0.15, 0.2) is 11.5 Å². The van der Waals surface area contributed by atoms with E-state index in [4.69, 9.17) is 29.2 Å². The van der Waals surface area contributed by atoms with Crippen molar-refractivity contribution in [1.82, 2.24) is 65.1 Å². The molecular weight excluding hydrogens is 713 g/mol. The highest BCUT2D eigenvalue weighted by molar-refractivity contribution is 5.92. The average Bonchev–Trinajstić information content (AvgIpc) is 3.48. The second-order valence-electron chi connectivity index (χ2n) is 14.0. The van der Waals surface area contributed by atoms with Crippen molar-refractivity contribution in [3.63, 3.8) is 0 Å². The predicted octanol–water partition coefficient (Wildman–Crippen LogP) is 5.58. The molecule has 3 N–H and O–H groups in total. The second-order valence-corrected chi connectivity index (χ2v) is 14.0. The first kappa shape index (κ1) is 33.7. The van der Waals surface area contributed by atoms with Gasteiger partial charge in [-0.25, -0.2) is 19.9 Å². The summed E-state index contributed by atoms with van der Waals surface area (Å²) in [7, 11) is 0. The lowest BCUT2D eigenvalue weighted by molar-refractivity contribution is 0.414. The van der Waals surface area contributed by atoms with Gasteiger partial charge in [-0.3, -0.25) is 9.97 Å². The van der Waals surface area contributed by atoms with Crippen LogP contribution in [-0.4, -0.2) is 85.5 Å². The Kier molecular flexibility index (Phi) is 8.27. The molecule has 1 aliphatic heterocycles. The van der Waals surface area contributed by atoms with Gasteiger partial charge in [-0.2, -0.15) is 19.9 Å². The van der Waals surface area contributed by atoms with Crippen LogP contribution in [0.2, 0.25) is 0 Å². The Labute approximate surface area is 319 Å². The summed E-state index contributed by atoms with van der Waals surface area (Å²) in [6, 6.07) is 6.36. The SMILES string of the molecule is CCc1[nH]c2nc(Oc3cncnc3)nc(N3CC4C(C3)C4NCCc3[nH]c4nc(Oc5cncnc5)nc(Oc5ccc6nccnc6c5)c4c3C)c2c1C. The van der Waals surface area contributed by atoms with Crippen LogP contribution in [-0.2, 0) is 12.8 Å². The van der Waals surface area contributed by atoms with Gasteiger partial charge < -0.3 is 34.4 Å². The maximum atomic E-state index is 6.41. The Morgan fingerprint density at radius 2 is 1.34 bits per heavy atom. The zero-order valence-electron chi connectivity index (χ0n) is 30.8. The van der Waals surface area contributed by atoms with Crippen LogP contribution in [0.3, 0.4) is 0 Å². The standard InChI is InChI=1S/C39H36N14O3/c1-4-27-20(2)31-34(47-27)49-38(55-23-12-40-18-41-13-23)51-36(31)53-16-25-26(17-53)33(25)46-8-7-28-21(3)32-35(48-28)50-39(56-24-14-42-19-43-15-24)52-37(32)54-22-5-6-29-30(11-22)45-10-9-44-29/h5-6,9-15,18-19,25-26,33,46H,4,7-8,16-17H2,1-3H3,(H,47,49,51)(H,48,50,52). The van der Waals surface area contributed by atoms with Crippen molar-refractivity contribution in [2.45, 2.75) is 39.7 Å². The number of aromatic amines is 2. The highest BCUT2D eigenvalue weighted by atomic mass is 16.5. The molecule has 17 heteroatoms. The van der Waals surface area contributed by atoms with Gasteiger partial charge in [0.2, 0.25) is 5.88 Å². The van der Waals surface area contributed by atoms with Crippen LogP contribution < -0.4 is 24.4 Å². The first-order chi connectivity index (χ1) is 27.5. The number of hydrogen-bond acceptors (Lipinski definition) is 15. The van der Waals surface area contributed by atoms with E-state index in [0.29, 0.717) is 52.2 Å². The van der Waals surface area contributed by atoms with E-state index in [1.165, 1.54) is 18.2 Å². The van der Waals surface area contributed by atoms with E-state index in [-0.39, 0.29) is 12.0 Å². The van der Waals surface area contributed by atoms with Gasteiger partial charge in [0.1, 0.15) is 35.5 Å². The summed E-state index contributed by atoms with van der Waals surface area (Å²) >= 11 is 0. The van der Waals surface area contributed by atoms with Crippen LogP contribution in [0, 0.1) is 25.7 Å². The number of nitrogens with one attached hydrogen (secondary N) is 3. The molecule has 280 valence electrons. The Balaban J connectivity index is 0.854. The quantitative estimate of drug-likeness (QED) is 0.140. The molecule has 0 spiro atoms. The van der Waals surface area contributed by atoms with Gasteiger partial charge in [0, 0.05) is 61.9 Å². The third-order valence-electron chi connectivity index (χ3n) is 10.7. The first-order valence-corrected chi connectivity index (χ1v) is 18.5. The molecule has 10 rings (SSSR count). The number of rotatable bonds is 12. The highest BCUT2D eigenvalue weighted by Crippen LogP contribution is 2.48. The second kappa shape index (κ2) is 13.8. The monoisotopic (exact) mass is 748 g/mol. The van der Waals surface area contributed by atoms with E-state index in [1.807, 2.05) is 18.2 Å². The van der Waals surface area contributed by atoms with Gasteiger partial charge in [-0.15, -0.1) is 0 Å². The van der Waals surface area contributed by atoms with Crippen LogP contribution >= 0.6 is 0 Å². The summed E-state index contributed by atoms with van der Waals surface area (Å²) in [5.74, 6) is 3.76. The molecule has 1 aromatic carbocycles. The number of benzene rings is 1. The average molecular weight is 749 g/mol. The van der Waals surface area contributed by atoms with Gasteiger partial charge in [-0.05, 0) is 55.4 Å². The number of aromatic nitrogens is 12. The molecule has 0 amide bonds. The molecule has 8 heterocycles. The summed E-state index contributed by atoms with van der Waals surface area (Å²) in [5.41, 5.74) is 7.24. The lowest BCUT2D eigenvalue weighted by Crippen LogP contribution is -2.33. The fraction of sp³-hybridized carbons (Fsp3) is 0.282. The summed E-state index contributed by atoms with van der Waals surface area (Å²) in [6.07, 6.45) is 14.2. The maximum Gasteiger partial charge on any atom is 0.327 e. The number of aryl methyl sites for hydroxylation is 3. The third kappa shape index (κ3) is 6.20. The minimum absolute atomic E-state index is 0.110. The van der Waals surface area contributed by atoms with Crippen molar-refractivity contribution in [3.8, 4) is 35.1 Å². The van der Waals surface area contributed by atoms with Crippen molar-refractivity contribution in [2.75, 3.05) is 24.5 Å². The number of hydrogen-bond donors (Lipinski definition) is 3. The zero-order valence-corrected chi connectivity index (χ0v) is 30.8. The van der Waals surface area contributed by atoms with Crippen molar-refractivity contribution in [3.05, 3.63) is 90.5 Å². The fourth-order valence-corrected chi connectivity index (χ4v) is 7.86. The van der Waals surface area contributed by atoms with E-state index < -0.39 is 0 Å². The van der Waals surface area contributed by atoms with Gasteiger partial charge >= 0.3 is 12.0 Å². The molecule has 0 radical (unpaired) electrons. The molecule has 8 aromatic rings. The molecule has 2 atom stereocenters. The van der Waals surface area contributed by atoms with E-state index >= 15 is 0 Å². The number of nitrogens with zero attached hydrogens (tertiary/aromatic N) is 11. The molecule has 2 unspecified atom stereocenters. The molecule has 56 heavy (non-hydrogen) atoms. The molecule has 2 fully saturated rings. The number of piperidine rings is 1. The lowest BCUT2D eigenvalue weighted by atomic mass is 10.1. The zero-order chi connectivity index (χ0) is 37.8. The Hall–Kier alpha value is -6.88. The minimum Gasteiger partial charge on any atom is -0.438 e. The molecule has 7 aromatic heterocycles. The normalized spacial score (nSPS) is 17.5. The number of ether oxygens (including phenoxy) is 3. The number of H-pyrrole nitrogens is 2. The largest absolute Gasteiger partial charge is 0.438 e. The predicted molar refractivity (Wildman–Crippen MR) is 205 cm³/mol. The van der Waals surface area contributed by atoms with E-state index in [2.05, 4.69) is 75.8 Å². The molecule has 1 saturated heterocycles. The van der Waals surface area contributed by atoms with Crippen molar-refractivity contribution in [1.29, 1.82) is 0 Å². The molecule has 1 aliphatic carbocycles. The van der Waals surface area contributed by atoms with Crippen LogP contribution in [0.1, 0.15) is 29.4 Å². The van der Waals surface area contributed by atoms with Crippen molar-refractivity contribution >= 4 is 38.9 Å². The van der Waals surface area contributed by atoms with Crippen molar-refractivity contribution < 1.29 is 14.2 Å². The van der Waals surface area contributed by atoms with Crippen LogP contribution in [0.15, 0.2) is 68.0 Å². The molecular formula is C39H36N14O3. The first-order valence-electron chi connectivity index (χ1n) is 18.5. The Morgan fingerprint density at radius 3 is 2.04 bits per heavy atom. The van der Waals surface area contributed by atoms with E-state index in [1.54, 1.807) is 37.2 Å². The minimum atomic E-state index is 0.110. The summed E-state index contributed by atoms with van der Waals surface area (Å²) in [4.78, 5) is 53.4. The van der Waals surface area contributed by atoms with E-state index in [0.717, 1.165) is 77.2 Å². The van der Waals surface area contributed by atoms with Gasteiger partial charge in [-0.1, -0.05) is 6.92 Å². The smallest absolute Gasteiger partial charge is 0.327 e. The van der Waals surface area contributed by atoms with Crippen LogP contribution in [0.25, 0.3) is 33.1 Å². The van der Waals surface area contributed by atoms with Crippen molar-refractivity contribution in [2.24, 2.45) is 11.8 Å². The fourth-order valence-electron chi connectivity index (χ4n) is 7.86. The van der Waals surface area contributed by atoms with Gasteiger partial charge in [0.05, 0.1) is 46.6 Å². The van der Waals surface area contributed by atoms with E-state index in [9.17, 15) is 0 Å². The lowest BCUT2D eigenvalue weighted by Gasteiger charge is -2.22. The van der Waals surface area contributed by atoms with Crippen LogP contribution in [0.5, 0.6) is 35.1 Å². The highest BCUT2D eigenvalue weighted by Gasteiger charge is 2.56. The summed E-state index contributed by atoms with van der Waals surface area (Å²) < 4.78 is 18.4. The maximum absolute atomic E-state index is 6.41. The molecule has 0 bridgehead atoms. The number of fused-ring (bicyclic) bond motifs is 4. The Bertz CT molecular complexity index is 2710.